The number of hydrogen-bond acceptors (Lipinski definition) is 4. The molecule has 4 rings (SSSR count). The second-order valence-corrected chi connectivity index (χ2v) is 8.11. The van der Waals surface area contributed by atoms with Crippen LogP contribution in [0.1, 0.15) is 15.4 Å². The zero-order valence-corrected chi connectivity index (χ0v) is 13.9. The molecule has 0 saturated carbocycles. The largest absolute Gasteiger partial charge is 0.298 e. The topological polar surface area (TPSA) is 19.4 Å². The van der Waals surface area contributed by atoms with Crippen molar-refractivity contribution in [1.82, 2.24) is 14.8 Å². The highest BCUT2D eigenvalue weighted by molar-refractivity contribution is 7.11. The smallest absolute Gasteiger partial charge is 0.0543 e. The van der Waals surface area contributed by atoms with E-state index in [1.165, 1.54) is 41.6 Å². The van der Waals surface area contributed by atoms with E-state index in [9.17, 15) is 0 Å². The van der Waals surface area contributed by atoms with Crippen molar-refractivity contribution in [2.45, 2.75) is 20.0 Å². The molecule has 2 aromatic rings. The highest BCUT2D eigenvalue weighted by Crippen LogP contribution is 2.33. The Morgan fingerprint density at radius 1 is 1.00 bits per heavy atom. The van der Waals surface area contributed by atoms with Gasteiger partial charge in [0.15, 0.2) is 0 Å². The number of hydrogen-bond donors (Lipinski definition) is 0. The Bertz CT molecular complexity index is 610. The number of fused-ring (bicyclic) bond motifs is 1. The first-order chi connectivity index (χ1) is 10.8. The molecule has 0 bridgehead atoms. The lowest BCUT2D eigenvalue weighted by Crippen LogP contribution is -2.28. The van der Waals surface area contributed by atoms with E-state index >= 15 is 0 Å². The Hall–Kier alpha value is -1.23. The summed E-state index contributed by atoms with van der Waals surface area (Å²) < 4.78 is 0. The van der Waals surface area contributed by atoms with E-state index in [4.69, 9.17) is 0 Å². The highest BCUT2D eigenvalue weighted by atomic mass is 32.1. The van der Waals surface area contributed by atoms with Crippen LogP contribution >= 0.6 is 11.3 Å². The fourth-order valence-electron chi connectivity index (χ4n) is 3.96. The Balaban J connectivity index is 1.31. The second kappa shape index (κ2) is 6.11. The van der Waals surface area contributed by atoms with Gasteiger partial charge in [0.25, 0.3) is 0 Å². The summed E-state index contributed by atoms with van der Waals surface area (Å²) in [5.41, 5.74) is 1.20. The molecule has 0 radical (unpaired) electrons. The van der Waals surface area contributed by atoms with Gasteiger partial charge >= 0.3 is 0 Å². The molecule has 0 amide bonds. The maximum Gasteiger partial charge on any atom is 0.0543 e. The van der Waals surface area contributed by atoms with E-state index in [-0.39, 0.29) is 0 Å². The minimum Gasteiger partial charge on any atom is -0.298 e. The van der Waals surface area contributed by atoms with Crippen molar-refractivity contribution in [3.63, 3.8) is 0 Å². The summed E-state index contributed by atoms with van der Waals surface area (Å²) in [6, 6.07) is 10.8. The second-order valence-electron chi connectivity index (χ2n) is 6.74. The van der Waals surface area contributed by atoms with Crippen molar-refractivity contribution in [1.29, 1.82) is 0 Å². The average molecular weight is 313 g/mol. The van der Waals surface area contributed by atoms with Gasteiger partial charge in [0.2, 0.25) is 0 Å². The summed E-state index contributed by atoms with van der Waals surface area (Å²) in [6.07, 6.45) is 1.90. The van der Waals surface area contributed by atoms with Crippen LogP contribution in [0, 0.1) is 18.8 Å². The molecule has 2 aliphatic heterocycles. The molecule has 0 N–H and O–H groups in total. The number of aryl methyl sites for hydroxylation is 1. The fourth-order valence-corrected chi connectivity index (χ4v) is 4.89. The van der Waals surface area contributed by atoms with Crippen molar-refractivity contribution in [2.75, 3.05) is 26.2 Å². The Morgan fingerprint density at radius 3 is 2.32 bits per heavy atom. The summed E-state index contributed by atoms with van der Waals surface area (Å²) in [6.45, 7) is 9.36. The lowest BCUT2D eigenvalue weighted by Gasteiger charge is -2.20. The first-order valence-corrected chi connectivity index (χ1v) is 8.98. The predicted molar refractivity (Wildman–Crippen MR) is 90.8 cm³/mol. The molecular weight excluding hydrogens is 290 g/mol. The van der Waals surface area contributed by atoms with Crippen molar-refractivity contribution in [3.05, 3.63) is 52.0 Å². The van der Waals surface area contributed by atoms with Crippen LogP contribution in [0.15, 0.2) is 36.5 Å². The molecule has 2 aliphatic rings. The summed E-state index contributed by atoms with van der Waals surface area (Å²) in [7, 11) is 0. The van der Waals surface area contributed by atoms with Crippen LogP contribution in [-0.4, -0.2) is 41.0 Å². The van der Waals surface area contributed by atoms with Gasteiger partial charge < -0.3 is 0 Å². The molecule has 22 heavy (non-hydrogen) atoms. The number of likely N-dealkylation sites (tertiary alicyclic amines) is 2. The van der Waals surface area contributed by atoms with E-state index in [0.29, 0.717) is 0 Å². The van der Waals surface area contributed by atoms with Gasteiger partial charge in [0, 0.05) is 55.2 Å². The van der Waals surface area contributed by atoms with Crippen molar-refractivity contribution in [3.8, 4) is 0 Å². The first-order valence-electron chi connectivity index (χ1n) is 8.16. The SMILES string of the molecule is Cc1ccc(CN2C[C@H]3CN(Cc4ccccn4)C[C@@H]3C2)s1. The summed E-state index contributed by atoms with van der Waals surface area (Å²) >= 11 is 1.94. The predicted octanol–water partition coefficient (Wildman–Crippen LogP) is 3.02. The number of aromatic nitrogens is 1. The molecule has 116 valence electrons. The lowest BCUT2D eigenvalue weighted by molar-refractivity contribution is 0.246. The van der Waals surface area contributed by atoms with Gasteiger partial charge in [-0.15, -0.1) is 11.3 Å². The van der Waals surface area contributed by atoms with Gasteiger partial charge in [-0.05, 0) is 43.0 Å². The zero-order valence-electron chi connectivity index (χ0n) is 13.1. The van der Waals surface area contributed by atoms with E-state index in [2.05, 4.69) is 46.0 Å². The number of pyridine rings is 1. The van der Waals surface area contributed by atoms with Crippen molar-refractivity contribution in [2.24, 2.45) is 11.8 Å². The molecule has 2 fully saturated rings. The van der Waals surface area contributed by atoms with E-state index in [1.54, 1.807) is 0 Å². The molecule has 3 nitrogen and oxygen atoms in total. The quantitative estimate of drug-likeness (QED) is 0.865. The summed E-state index contributed by atoms with van der Waals surface area (Å²) in [5, 5.41) is 0. The molecule has 2 atom stereocenters. The van der Waals surface area contributed by atoms with Crippen LogP contribution in [0.25, 0.3) is 0 Å². The van der Waals surface area contributed by atoms with Crippen LogP contribution in [0.5, 0.6) is 0 Å². The Kier molecular flexibility index (Phi) is 3.99. The maximum absolute atomic E-state index is 4.46. The van der Waals surface area contributed by atoms with Gasteiger partial charge in [0.1, 0.15) is 0 Å². The van der Waals surface area contributed by atoms with Crippen LogP contribution in [0.2, 0.25) is 0 Å². The van der Waals surface area contributed by atoms with Crippen molar-refractivity contribution >= 4 is 11.3 Å². The first kappa shape index (κ1) is 14.4. The molecule has 0 spiro atoms. The molecule has 4 heteroatoms. The molecular formula is C18H23N3S. The summed E-state index contributed by atoms with van der Waals surface area (Å²) in [5.74, 6) is 1.70. The van der Waals surface area contributed by atoms with Gasteiger partial charge in [-0.2, -0.15) is 0 Å². The Labute approximate surface area is 136 Å². The number of nitrogens with zero attached hydrogens (tertiary/aromatic N) is 3. The van der Waals surface area contributed by atoms with Gasteiger partial charge in [0.05, 0.1) is 5.69 Å². The molecule has 0 aromatic carbocycles. The zero-order chi connectivity index (χ0) is 14.9. The minimum atomic E-state index is 0.852. The van der Waals surface area contributed by atoms with Crippen molar-refractivity contribution < 1.29 is 0 Å². The molecule has 0 aliphatic carbocycles. The average Bonchev–Trinajstić information content (AvgIpc) is 3.16. The third-order valence-electron chi connectivity index (χ3n) is 4.92. The van der Waals surface area contributed by atoms with Crippen LogP contribution in [-0.2, 0) is 13.1 Å². The lowest BCUT2D eigenvalue weighted by atomic mass is 10.0. The normalized spacial score (nSPS) is 25.7. The molecule has 2 saturated heterocycles. The Morgan fingerprint density at radius 2 is 1.73 bits per heavy atom. The molecule has 0 unspecified atom stereocenters. The third-order valence-corrected chi connectivity index (χ3v) is 5.91. The standard InChI is InChI=1S/C18H23N3S/c1-14-5-6-18(22-14)13-21-10-15-8-20(9-16(15)11-21)12-17-4-2-3-7-19-17/h2-7,15-16H,8-13H2,1H3/t15-,16-/m1/s1. The fraction of sp³-hybridized carbons (Fsp3) is 0.500. The van der Waals surface area contributed by atoms with Gasteiger partial charge in [-0.3, -0.25) is 14.8 Å². The maximum atomic E-state index is 4.46. The minimum absolute atomic E-state index is 0.852. The number of rotatable bonds is 4. The van der Waals surface area contributed by atoms with Gasteiger partial charge in [-0.1, -0.05) is 6.07 Å². The molecule has 2 aromatic heterocycles. The van der Waals surface area contributed by atoms with Crippen LogP contribution < -0.4 is 0 Å². The van der Waals surface area contributed by atoms with Gasteiger partial charge in [-0.25, -0.2) is 0 Å². The molecule has 4 heterocycles. The highest BCUT2D eigenvalue weighted by Gasteiger charge is 2.39. The van der Waals surface area contributed by atoms with E-state index in [0.717, 1.165) is 24.9 Å². The van der Waals surface area contributed by atoms with Crippen LogP contribution in [0.4, 0.5) is 0 Å². The van der Waals surface area contributed by atoms with E-state index in [1.807, 2.05) is 23.6 Å². The van der Waals surface area contributed by atoms with Crippen LogP contribution in [0.3, 0.4) is 0 Å². The monoisotopic (exact) mass is 313 g/mol. The third kappa shape index (κ3) is 3.09. The van der Waals surface area contributed by atoms with E-state index < -0.39 is 0 Å². The summed E-state index contributed by atoms with van der Waals surface area (Å²) in [4.78, 5) is 12.6. The number of thiophene rings is 1.